The van der Waals surface area contributed by atoms with Crippen LogP contribution in [0.2, 0.25) is 0 Å². The summed E-state index contributed by atoms with van der Waals surface area (Å²) in [5.74, 6) is 0. The van der Waals surface area contributed by atoms with Crippen LogP contribution in [0.3, 0.4) is 0 Å². The Morgan fingerprint density at radius 1 is 0.390 bits per heavy atom. The number of nitrogens with zero attached hydrogens (tertiary/aromatic N) is 2. The maximum Gasteiger partial charge on any atom is 0.136 e. The van der Waals surface area contributed by atoms with E-state index in [9.17, 15) is 0 Å². The van der Waals surface area contributed by atoms with Gasteiger partial charge in [-0.25, -0.2) is 0 Å². The third kappa shape index (κ3) is 6.57. The lowest BCUT2D eigenvalue weighted by molar-refractivity contribution is 0.643. The van der Waals surface area contributed by atoms with Crippen LogP contribution in [0.15, 0.2) is 241 Å². The molecule has 0 bridgehead atoms. The standard InChI is InChI=1S/C74H52N2O/c1-73(2)64-34-32-48(43-62(64)63-44-53(33-35-65(63)73)74(3)37-36-60-59-20-9-11-23-66(59)75(69(60)45-74)54-16-5-4-6-17-54)52-40-51(41-55(42-52)76-67-24-12-7-18-57(67)58-19-8-13-25-68(58)76)47-30-28-46-29-31-49(39-50(46)38-47)56-22-15-27-71-72(56)61-21-10-14-26-70(61)77-71/h4-36,38-45H,37H2,1-3H3. The summed E-state index contributed by atoms with van der Waals surface area (Å²) in [7, 11) is 0. The molecule has 3 heterocycles. The Hall–Kier alpha value is -9.44. The van der Waals surface area contributed by atoms with Gasteiger partial charge in [-0.1, -0.05) is 179 Å². The first kappa shape index (κ1) is 43.9. The molecule has 1 atom stereocenters. The lowest BCUT2D eigenvalue weighted by Gasteiger charge is -2.29. The zero-order valence-corrected chi connectivity index (χ0v) is 43.2. The lowest BCUT2D eigenvalue weighted by Crippen LogP contribution is -2.37. The van der Waals surface area contributed by atoms with E-state index in [1.807, 2.05) is 6.07 Å². The summed E-state index contributed by atoms with van der Waals surface area (Å²) in [4.78, 5) is 0. The predicted molar refractivity (Wildman–Crippen MR) is 323 cm³/mol. The molecular formula is C74H52N2O. The van der Waals surface area contributed by atoms with E-state index in [4.69, 9.17) is 4.42 Å². The van der Waals surface area contributed by atoms with Gasteiger partial charge >= 0.3 is 0 Å². The topological polar surface area (TPSA) is 23.0 Å². The van der Waals surface area contributed by atoms with E-state index in [1.165, 1.54) is 121 Å². The van der Waals surface area contributed by atoms with E-state index in [0.29, 0.717) is 0 Å². The van der Waals surface area contributed by atoms with Gasteiger partial charge in [-0.3, -0.25) is 0 Å². The molecule has 14 aromatic rings. The fourth-order valence-electron chi connectivity index (χ4n) is 13.6. The molecule has 77 heavy (non-hydrogen) atoms. The Kier molecular flexibility index (Phi) is 9.28. The minimum absolute atomic E-state index is 0.159. The van der Waals surface area contributed by atoms with Crippen molar-refractivity contribution in [1.82, 2.24) is 9.13 Å². The predicted octanol–water partition coefficient (Wildman–Crippen LogP) is 18.0. The summed E-state index contributed by atoms with van der Waals surface area (Å²) in [6, 6.07) is 87.8. The molecule has 11 aromatic carbocycles. The second-order valence-electron chi connectivity index (χ2n) is 22.3. The Labute approximate surface area is 446 Å². The van der Waals surface area contributed by atoms with E-state index in [2.05, 4.69) is 273 Å². The van der Waals surface area contributed by atoms with Gasteiger partial charge in [0, 0.05) is 54.4 Å². The highest BCUT2D eigenvalue weighted by molar-refractivity contribution is 6.13. The normalized spacial score (nSPS) is 15.5. The molecule has 2 aliphatic carbocycles. The van der Waals surface area contributed by atoms with E-state index >= 15 is 0 Å². The highest BCUT2D eigenvalue weighted by Crippen LogP contribution is 2.52. The average molecular weight is 985 g/mol. The quantitative estimate of drug-likeness (QED) is 0.163. The van der Waals surface area contributed by atoms with Crippen LogP contribution in [0.4, 0.5) is 0 Å². The summed E-state index contributed by atoms with van der Waals surface area (Å²) in [6.07, 6.45) is 5.95. The smallest absolute Gasteiger partial charge is 0.136 e. The highest BCUT2D eigenvalue weighted by Gasteiger charge is 2.37. The van der Waals surface area contributed by atoms with Gasteiger partial charge in [0.25, 0.3) is 0 Å². The highest BCUT2D eigenvalue weighted by atomic mass is 16.3. The molecule has 0 spiro atoms. The number of fused-ring (bicyclic) bond motifs is 13. The Balaban J connectivity index is 0.859. The SMILES string of the molecule is CC1(c2ccc3c(c2)-c2cc(-c4cc(-c5ccc6ccc(-c7cccc8oc9ccccc9c78)cc6c5)cc(-n5c6ccccc6c6ccccc65)c4)ccc2C3(C)C)C=c2c(c3ccccc3n2-c2ccccc2)=CC1. The van der Waals surface area contributed by atoms with Crippen molar-refractivity contribution in [2.75, 3.05) is 0 Å². The van der Waals surface area contributed by atoms with Gasteiger partial charge in [-0.05, 0) is 169 Å². The van der Waals surface area contributed by atoms with E-state index in [0.717, 1.165) is 34.0 Å². The molecule has 1 unspecified atom stereocenters. The van der Waals surface area contributed by atoms with Crippen molar-refractivity contribution in [3.05, 3.63) is 264 Å². The molecule has 2 aliphatic rings. The second kappa shape index (κ2) is 16.3. The molecule has 0 fully saturated rings. The Morgan fingerprint density at radius 3 is 1.73 bits per heavy atom. The molecule has 0 radical (unpaired) electrons. The van der Waals surface area contributed by atoms with Gasteiger partial charge < -0.3 is 13.6 Å². The van der Waals surface area contributed by atoms with Crippen LogP contribution in [0, 0.1) is 0 Å². The minimum atomic E-state index is -0.222. The molecule has 0 saturated heterocycles. The summed E-state index contributed by atoms with van der Waals surface area (Å²) in [6.45, 7) is 7.22. The molecule has 0 aliphatic heterocycles. The lowest BCUT2D eigenvalue weighted by atomic mass is 9.75. The number of rotatable bonds is 6. The van der Waals surface area contributed by atoms with E-state index < -0.39 is 0 Å². The van der Waals surface area contributed by atoms with Crippen molar-refractivity contribution < 1.29 is 4.42 Å². The first-order valence-electron chi connectivity index (χ1n) is 27.0. The summed E-state index contributed by atoms with van der Waals surface area (Å²) in [5, 5.41) is 11.1. The molecular weight excluding hydrogens is 933 g/mol. The van der Waals surface area contributed by atoms with Crippen molar-refractivity contribution in [1.29, 1.82) is 0 Å². The molecule has 16 rings (SSSR count). The van der Waals surface area contributed by atoms with Crippen molar-refractivity contribution in [2.45, 2.75) is 38.0 Å². The van der Waals surface area contributed by atoms with Crippen molar-refractivity contribution in [3.63, 3.8) is 0 Å². The molecule has 0 N–H and O–H groups in total. The summed E-state index contributed by atoms with van der Waals surface area (Å²) >= 11 is 0. The third-order valence-electron chi connectivity index (χ3n) is 17.5. The number of para-hydroxylation sites is 5. The Bertz CT molecular complexity index is 4890. The minimum Gasteiger partial charge on any atom is -0.456 e. The second-order valence-corrected chi connectivity index (χ2v) is 22.3. The molecule has 364 valence electrons. The zero-order valence-electron chi connectivity index (χ0n) is 43.2. The first-order valence-corrected chi connectivity index (χ1v) is 27.0. The maximum atomic E-state index is 6.34. The zero-order chi connectivity index (χ0) is 51.1. The van der Waals surface area contributed by atoms with Gasteiger partial charge in [0.2, 0.25) is 0 Å². The molecule has 0 amide bonds. The van der Waals surface area contributed by atoms with E-state index in [1.54, 1.807) is 0 Å². The molecule has 3 aromatic heterocycles. The van der Waals surface area contributed by atoms with Crippen LogP contribution in [0.1, 0.15) is 43.9 Å². The molecule has 0 saturated carbocycles. The third-order valence-corrected chi connectivity index (χ3v) is 17.5. The first-order chi connectivity index (χ1) is 37.8. The number of aromatic nitrogens is 2. The fraction of sp³-hybridized carbons (Fsp3) is 0.0811. The average Bonchev–Trinajstić information content (AvgIpc) is 4.32. The van der Waals surface area contributed by atoms with Crippen molar-refractivity contribution in [3.8, 4) is 55.9 Å². The summed E-state index contributed by atoms with van der Waals surface area (Å²) < 4.78 is 11.3. The van der Waals surface area contributed by atoms with Crippen molar-refractivity contribution in [2.24, 2.45) is 0 Å². The fourth-order valence-corrected chi connectivity index (χ4v) is 13.6. The monoisotopic (exact) mass is 984 g/mol. The van der Waals surface area contributed by atoms with E-state index in [-0.39, 0.29) is 10.8 Å². The largest absolute Gasteiger partial charge is 0.456 e. The van der Waals surface area contributed by atoms with Crippen LogP contribution in [-0.2, 0) is 10.8 Å². The number of hydrogen-bond donors (Lipinski definition) is 0. The van der Waals surface area contributed by atoms with Gasteiger partial charge in [-0.15, -0.1) is 0 Å². The van der Waals surface area contributed by atoms with Crippen LogP contribution >= 0.6 is 0 Å². The molecule has 3 heteroatoms. The van der Waals surface area contributed by atoms with Crippen LogP contribution < -0.4 is 10.6 Å². The van der Waals surface area contributed by atoms with Crippen LogP contribution in [0.25, 0.3) is 133 Å². The van der Waals surface area contributed by atoms with Crippen molar-refractivity contribution >= 4 is 77.6 Å². The molecule has 3 nitrogen and oxygen atoms in total. The number of benzene rings is 11. The number of hydrogen-bond acceptors (Lipinski definition) is 1. The van der Waals surface area contributed by atoms with Gasteiger partial charge in [0.15, 0.2) is 0 Å². The summed E-state index contributed by atoms with van der Waals surface area (Å²) in [5.41, 5.74) is 21.2. The Morgan fingerprint density at radius 2 is 0.974 bits per heavy atom. The van der Waals surface area contributed by atoms with Crippen LogP contribution in [0.5, 0.6) is 0 Å². The van der Waals surface area contributed by atoms with Gasteiger partial charge in [-0.2, -0.15) is 0 Å². The number of furan rings is 1. The maximum absolute atomic E-state index is 6.34. The van der Waals surface area contributed by atoms with Gasteiger partial charge in [0.05, 0.1) is 21.9 Å². The van der Waals surface area contributed by atoms with Crippen LogP contribution in [-0.4, -0.2) is 9.13 Å². The van der Waals surface area contributed by atoms with Gasteiger partial charge in [0.1, 0.15) is 11.2 Å².